The first-order chi connectivity index (χ1) is 13.6. The molecule has 4 rings (SSSR count). The molecule has 2 aromatic heterocycles. The third kappa shape index (κ3) is 3.79. The molecule has 0 aliphatic carbocycles. The number of oxazole rings is 1. The van der Waals surface area contributed by atoms with Crippen LogP contribution in [0.1, 0.15) is 47.6 Å². The van der Waals surface area contributed by atoms with E-state index < -0.39 is 0 Å². The second kappa shape index (κ2) is 7.73. The van der Waals surface area contributed by atoms with Gasteiger partial charge in [-0.05, 0) is 38.3 Å². The number of aryl methyl sites for hydroxylation is 1. The predicted molar refractivity (Wildman–Crippen MR) is 103 cm³/mol. The van der Waals surface area contributed by atoms with Crippen LogP contribution in [0.3, 0.4) is 0 Å². The van der Waals surface area contributed by atoms with Crippen LogP contribution in [0.4, 0.5) is 0 Å². The van der Waals surface area contributed by atoms with Crippen molar-refractivity contribution in [3.8, 4) is 0 Å². The van der Waals surface area contributed by atoms with Gasteiger partial charge in [0.25, 0.3) is 5.91 Å². The standard InChI is InChI=1S/C21H26N4O3/c1-16-19(23-15-28-16)20(27)25-11-4-8-21(14-25)9-6-18(26)24(13-21)12-7-17-5-2-3-10-22-17/h2-3,5,10,15H,4,6-9,11-14H2,1H3/t21-/m0/s1. The van der Waals surface area contributed by atoms with Crippen LogP contribution in [0.15, 0.2) is 35.2 Å². The quantitative estimate of drug-likeness (QED) is 0.812. The van der Waals surface area contributed by atoms with Crippen molar-refractivity contribution in [1.82, 2.24) is 19.8 Å². The van der Waals surface area contributed by atoms with Gasteiger partial charge < -0.3 is 14.2 Å². The lowest BCUT2D eigenvalue weighted by molar-refractivity contribution is -0.138. The summed E-state index contributed by atoms with van der Waals surface area (Å²) in [6.07, 6.45) is 7.24. The second-order valence-corrected chi connectivity index (χ2v) is 7.97. The molecule has 2 aliphatic rings. The number of piperidine rings is 2. The van der Waals surface area contributed by atoms with Crippen molar-refractivity contribution in [3.63, 3.8) is 0 Å². The first-order valence-electron chi connectivity index (χ1n) is 9.93. The Morgan fingerprint density at radius 3 is 2.89 bits per heavy atom. The molecule has 1 atom stereocenters. The molecule has 28 heavy (non-hydrogen) atoms. The Morgan fingerprint density at radius 1 is 1.25 bits per heavy atom. The van der Waals surface area contributed by atoms with Crippen LogP contribution in [-0.4, -0.2) is 57.8 Å². The van der Waals surface area contributed by atoms with E-state index in [-0.39, 0.29) is 17.2 Å². The maximum absolute atomic E-state index is 12.9. The summed E-state index contributed by atoms with van der Waals surface area (Å²) in [6, 6.07) is 5.86. The summed E-state index contributed by atoms with van der Waals surface area (Å²) in [6.45, 7) is 4.55. The molecule has 148 valence electrons. The zero-order valence-corrected chi connectivity index (χ0v) is 16.3. The summed E-state index contributed by atoms with van der Waals surface area (Å²) in [7, 11) is 0. The van der Waals surface area contributed by atoms with Crippen molar-refractivity contribution in [2.45, 2.75) is 39.0 Å². The fraction of sp³-hybridized carbons (Fsp3) is 0.524. The van der Waals surface area contributed by atoms with E-state index in [9.17, 15) is 9.59 Å². The first kappa shape index (κ1) is 18.7. The van der Waals surface area contributed by atoms with Gasteiger partial charge in [0.2, 0.25) is 5.91 Å². The molecule has 4 heterocycles. The van der Waals surface area contributed by atoms with Gasteiger partial charge in [-0.3, -0.25) is 14.6 Å². The number of rotatable bonds is 4. The van der Waals surface area contributed by atoms with E-state index in [1.165, 1.54) is 6.39 Å². The van der Waals surface area contributed by atoms with E-state index in [2.05, 4.69) is 9.97 Å². The Balaban J connectivity index is 1.43. The third-order valence-electron chi connectivity index (χ3n) is 6.01. The minimum Gasteiger partial charge on any atom is -0.448 e. The van der Waals surface area contributed by atoms with Gasteiger partial charge in [0.15, 0.2) is 12.1 Å². The van der Waals surface area contributed by atoms with E-state index in [0.29, 0.717) is 37.5 Å². The molecule has 0 saturated carbocycles. The van der Waals surface area contributed by atoms with E-state index in [1.54, 1.807) is 13.1 Å². The molecule has 2 amide bonds. The topological polar surface area (TPSA) is 79.5 Å². The number of carbonyl (C=O) groups excluding carboxylic acids is 2. The maximum Gasteiger partial charge on any atom is 0.276 e. The van der Waals surface area contributed by atoms with E-state index in [1.807, 2.05) is 28.0 Å². The van der Waals surface area contributed by atoms with Gasteiger partial charge in [-0.1, -0.05) is 6.07 Å². The molecular formula is C21H26N4O3. The lowest BCUT2D eigenvalue weighted by Crippen LogP contribution is -2.55. The number of carbonyl (C=O) groups is 2. The largest absolute Gasteiger partial charge is 0.448 e. The lowest BCUT2D eigenvalue weighted by Gasteiger charge is -2.48. The van der Waals surface area contributed by atoms with Gasteiger partial charge in [-0.25, -0.2) is 4.98 Å². The van der Waals surface area contributed by atoms with E-state index >= 15 is 0 Å². The second-order valence-electron chi connectivity index (χ2n) is 7.97. The van der Waals surface area contributed by atoms with E-state index in [4.69, 9.17) is 4.42 Å². The van der Waals surface area contributed by atoms with Crippen LogP contribution in [-0.2, 0) is 11.2 Å². The molecule has 2 fully saturated rings. The third-order valence-corrected chi connectivity index (χ3v) is 6.01. The number of likely N-dealkylation sites (tertiary alicyclic amines) is 2. The Kier molecular flexibility index (Phi) is 5.15. The molecule has 2 aliphatic heterocycles. The van der Waals surface area contributed by atoms with Gasteiger partial charge in [0.1, 0.15) is 5.76 Å². The molecule has 1 spiro atoms. The van der Waals surface area contributed by atoms with Crippen molar-refractivity contribution in [2.24, 2.45) is 5.41 Å². The molecule has 0 N–H and O–H groups in total. The number of hydrogen-bond acceptors (Lipinski definition) is 5. The first-order valence-corrected chi connectivity index (χ1v) is 9.93. The fourth-order valence-corrected chi connectivity index (χ4v) is 4.48. The van der Waals surface area contributed by atoms with Crippen molar-refractivity contribution in [2.75, 3.05) is 26.2 Å². The molecular weight excluding hydrogens is 356 g/mol. The van der Waals surface area contributed by atoms with Gasteiger partial charge in [0.05, 0.1) is 0 Å². The molecule has 0 bridgehead atoms. The average molecular weight is 382 g/mol. The number of amides is 2. The zero-order chi connectivity index (χ0) is 19.6. The summed E-state index contributed by atoms with van der Waals surface area (Å²) in [4.78, 5) is 37.7. The number of aromatic nitrogens is 2. The summed E-state index contributed by atoms with van der Waals surface area (Å²) >= 11 is 0. The average Bonchev–Trinajstić information content (AvgIpc) is 3.15. The number of hydrogen-bond donors (Lipinski definition) is 0. The Bertz CT molecular complexity index is 850. The molecule has 0 radical (unpaired) electrons. The lowest BCUT2D eigenvalue weighted by atomic mass is 9.73. The van der Waals surface area contributed by atoms with Crippen LogP contribution in [0.2, 0.25) is 0 Å². The van der Waals surface area contributed by atoms with Crippen molar-refractivity contribution >= 4 is 11.8 Å². The van der Waals surface area contributed by atoms with Crippen molar-refractivity contribution in [3.05, 3.63) is 47.9 Å². The van der Waals surface area contributed by atoms with E-state index in [0.717, 1.165) is 37.9 Å². The van der Waals surface area contributed by atoms with Gasteiger partial charge >= 0.3 is 0 Å². The van der Waals surface area contributed by atoms with Crippen LogP contribution in [0.25, 0.3) is 0 Å². The van der Waals surface area contributed by atoms with Crippen LogP contribution in [0.5, 0.6) is 0 Å². The minimum absolute atomic E-state index is 0.0242. The predicted octanol–water partition coefficient (Wildman–Crippen LogP) is 2.47. The summed E-state index contributed by atoms with van der Waals surface area (Å²) < 4.78 is 5.20. The fourth-order valence-electron chi connectivity index (χ4n) is 4.48. The highest BCUT2D eigenvalue weighted by atomic mass is 16.3. The Morgan fingerprint density at radius 2 is 2.14 bits per heavy atom. The smallest absolute Gasteiger partial charge is 0.276 e. The number of pyridine rings is 1. The molecule has 0 aromatic carbocycles. The van der Waals surface area contributed by atoms with Gasteiger partial charge in [0, 0.05) is 56.3 Å². The molecule has 2 aromatic rings. The summed E-state index contributed by atoms with van der Waals surface area (Å²) in [5.41, 5.74) is 1.37. The molecule has 7 heteroatoms. The normalized spacial score (nSPS) is 22.7. The highest BCUT2D eigenvalue weighted by molar-refractivity contribution is 5.93. The Labute approximate surface area is 164 Å². The van der Waals surface area contributed by atoms with Crippen LogP contribution < -0.4 is 0 Å². The van der Waals surface area contributed by atoms with Gasteiger partial charge in [-0.15, -0.1) is 0 Å². The van der Waals surface area contributed by atoms with Crippen molar-refractivity contribution < 1.29 is 14.0 Å². The molecule has 0 unspecified atom stereocenters. The van der Waals surface area contributed by atoms with Crippen molar-refractivity contribution in [1.29, 1.82) is 0 Å². The minimum atomic E-state index is -0.0674. The SMILES string of the molecule is Cc1ocnc1C(=O)N1CCC[C@@]2(CCC(=O)N(CCc3ccccn3)C2)C1. The zero-order valence-electron chi connectivity index (χ0n) is 16.3. The maximum atomic E-state index is 12.9. The highest BCUT2D eigenvalue weighted by Gasteiger charge is 2.43. The summed E-state index contributed by atoms with van der Waals surface area (Å²) in [5.74, 6) is 0.694. The monoisotopic (exact) mass is 382 g/mol. The molecule has 2 saturated heterocycles. The highest BCUT2D eigenvalue weighted by Crippen LogP contribution is 2.39. The van der Waals surface area contributed by atoms with Gasteiger partial charge in [-0.2, -0.15) is 0 Å². The van der Waals surface area contributed by atoms with Crippen LogP contribution in [0, 0.1) is 12.3 Å². The Hall–Kier alpha value is -2.70. The molecule has 7 nitrogen and oxygen atoms in total. The van der Waals surface area contributed by atoms with Crippen LogP contribution >= 0.6 is 0 Å². The number of nitrogens with zero attached hydrogens (tertiary/aromatic N) is 4. The summed E-state index contributed by atoms with van der Waals surface area (Å²) in [5, 5.41) is 0.